The van der Waals surface area contributed by atoms with Crippen molar-refractivity contribution in [3.63, 3.8) is 0 Å². The monoisotopic (exact) mass is 345 g/mol. The van der Waals surface area contributed by atoms with Crippen molar-refractivity contribution in [2.75, 3.05) is 18.1 Å². The Balaban J connectivity index is 0.000000346. The standard InChI is InChI=1S/C13H21NS2.C2H2O4/c1-2-3-6-11(12-7-4-8-14-12)13-15-9-5-10-16-13;3-1(4)2(5)6/h11-14H,4-10H2,1H3;(H,3,4)(H,5,6). The van der Waals surface area contributed by atoms with Gasteiger partial charge in [-0.25, -0.2) is 9.59 Å². The zero-order chi connectivity index (χ0) is 16.4. The molecule has 2 heterocycles. The van der Waals surface area contributed by atoms with Gasteiger partial charge in [-0.05, 0) is 44.2 Å². The lowest BCUT2D eigenvalue weighted by Gasteiger charge is -2.32. The highest BCUT2D eigenvalue weighted by Crippen LogP contribution is 2.40. The summed E-state index contributed by atoms with van der Waals surface area (Å²) in [5.41, 5.74) is 0. The summed E-state index contributed by atoms with van der Waals surface area (Å²) in [7, 11) is 0. The number of rotatable bonds is 3. The van der Waals surface area contributed by atoms with Crippen LogP contribution in [-0.4, -0.2) is 50.8 Å². The molecule has 0 amide bonds. The molecule has 2 aliphatic rings. The molecule has 0 aromatic carbocycles. The van der Waals surface area contributed by atoms with Crippen molar-refractivity contribution in [1.29, 1.82) is 0 Å². The van der Waals surface area contributed by atoms with Gasteiger partial charge in [0.15, 0.2) is 0 Å². The molecule has 2 fully saturated rings. The maximum absolute atomic E-state index is 9.10. The van der Waals surface area contributed by atoms with Gasteiger partial charge in [-0.2, -0.15) is 0 Å². The van der Waals surface area contributed by atoms with Crippen molar-refractivity contribution in [3.05, 3.63) is 0 Å². The second-order valence-electron chi connectivity index (χ2n) is 5.07. The van der Waals surface area contributed by atoms with Crippen LogP contribution in [0.4, 0.5) is 0 Å². The second-order valence-corrected chi connectivity index (χ2v) is 7.87. The average molecular weight is 345 g/mol. The third-order valence-corrected chi connectivity index (χ3v) is 6.74. The van der Waals surface area contributed by atoms with Gasteiger partial charge < -0.3 is 15.5 Å². The third-order valence-electron chi connectivity index (χ3n) is 3.52. The fourth-order valence-electron chi connectivity index (χ4n) is 2.48. The zero-order valence-corrected chi connectivity index (χ0v) is 14.3. The number of hydrogen-bond donors (Lipinski definition) is 3. The van der Waals surface area contributed by atoms with Crippen LogP contribution < -0.4 is 5.32 Å². The largest absolute Gasteiger partial charge is 0.473 e. The van der Waals surface area contributed by atoms with Gasteiger partial charge in [0.1, 0.15) is 0 Å². The van der Waals surface area contributed by atoms with E-state index in [1.54, 1.807) is 0 Å². The Bertz CT molecular complexity index is 409. The first-order valence-corrected chi connectivity index (χ1v) is 9.48. The molecule has 3 N–H and O–H groups in total. The van der Waals surface area contributed by atoms with Crippen molar-refractivity contribution in [2.24, 2.45) is 5.92 Å². The quantitative estimate of drug-likeness (QED) is 0.533. The Hall–Kier alpha value is -0.840. The lowest BCUT2D eigenvalue weighted by Crippen LogP contribution is -2.36. The van der Waals surface area contributed by atoms with E-state index in [0.29, 0.717) is 0 Å². The van der Waals surface area contributed by atoms with Crippen molar-refractivity contribution in [3.8, 4) is 11.8 Å². The fraction of sp³-hybridized carbons (Fsp3) is 0.733. The van der Waals surface area contributed by atoms with Crippen LogP contribution in [0.3, 0.4) is 0 Å². The minimum Gasteiger partial charge on any atom is -0.473 e. The van der Waals surface area contributed by atoms with E-state index >= 15 is 0 Å². The van der Waals surface area contributed by atoms with E-state index in [4.69, 9.17) is 19.8 Å². The Kier molecular flexibility index (Phi) is 9.44. The summed E-state index contributed by atoms with van der Waals surface area (Å²) in [6.07, 6.45) is 5.17. The molecule has 0 spiro atoms. The number of thioether (sulfide) groups is 2. The molecular formula is C15H23NO4S2. The molecule has 0 bridgehead atoms. The van der Waals surface area contributed by atoms with Crippen molar-refractivity contribution >= 4 is 35.5 Å². The number of carboxylic acid groups (broad SMARTS) is 2. The van der Waals surface area contributed by atoms with Crippen LogP contribution in [0.15, 0.2) is 0 Å². The minimum absolute atomic E-state index is 0.726. The molecule has 2 unspecified atom stereocenters. The fourth-order valence-corrected chi connectivity index (χ4v) is 5.78. The second kappa shape index (κ2) is 10.8. The van der Waals surface area contributed by atoms with Crippen LogP contribution in [0, 0.1) is 17.8 Å². The number of nitrogens with one attached hydrogen (secondary N) is 1. The van der Waals surface area contributed by atoms with Gasteiger partial charge in [0.2, 0.25) is 0 Å². The summed E-state index contributed by atoms with van der Waals surface area (Å²) in [6.45, 7) is 3.17. The molecule has 5 nitrogen and oxygen atoms in total. The van der Waals surface area contributed by atoms with Crippen LogP contribution in [0.2, 0.25) is 0 Å². The summed E-state index contributed by atoms with van der Waals surface area (Å²) in [5, 5.41) is 18.5. The first-order chi connectivity index (χ1) is 10.6. The van der Waals surface area contributed by atoms with Crippen LogP contribution >= 0.6 is 23.5 Å². The number of carbonyl (C=O) groups is 2. The van der Waals surface area contributed by atoms with Crippen molar-refractivity contribution in [1.82, 2.24) is 5.32 Å². The van der Waals surface area contributed by atoms with E-state index in [0.717, 1.165) is 23.0 Å². The molecule has 2 aliphatic heterocycles. The topological polar surface area (TPSA) is 86.6 Å². The molecule has 0 aromatic heterocycles. The molecule has 0 radical (unpaired) electrons. The average Bonchev–Trinajstić information content (AvgIpc) is 3.03. The first-order valence-electron chi connectivity index (χ1n) is 7.38. The van der Waals surface area contributed by atoms with E-state index in [-0.39, 0.29) is 0 Å². The van der Waals surface area contributed by atoms with E-state index in [1.807, 2.05) is 6.92 Å². The molecule has 2 atom stereocenters. The van der Waals surface area contributed by atoms with Crippen LogP contribution in [0.25, 0.3) is 0 Å². The predicted molar refractivity (Wildman–Crippen MR) is 91.2 cm³/mol. The van der Waals surface area contributed by atoms with Crippen molar-refractivity contribution in [2.45, 2.75) is 43.2 Å². The van der Waals surface area contributed by atoms with Gasteiger partial charge in [0.25, 0.3) is 0 Å². The van der Waals surface area contributed by atoms with Crippen LogP contribution in [0.5, 0.6) is 0 Å². The van der Waals surface area contributed by atoms with E-state index in [2.05, 4.69) is 40.7 Å². The molecule has 0 aromatic rings. The SMILES string of the molecule is CC#CCC(C1CCCN1)C1SCCCS1.O=C(O)C(=O)O. The summed E-state index contributed by atoms with van der Waals surface area (Å²) in [4.78, 5) is 18.2. The van der Waals surface area contributed by atoms with Gasteiger partial charge in [-0.15, -0.1) is 35.4 Å². The highest BCUT2D eigenvalue weighted by atomic mass is 32.2. The van der Waals surface area contributed by atoms with Crippen LogP contribution in [0.1, 0.15) is 32.6 Å². The number of hydrogen-bond acceptors (Lipinski definition) is 5. The normalized spacial score (nSPS) is 22.7. The zero-order valence-electron chi connectivity index (χ0n) is 12.7. The first kappa shape index (κ1) is 19.2. The Morgan fingerprint density at radius 3 is 2.32 bits per heavy atom. The smallest absolute Gasteiger partial charge is 0.414 e. The molecule has 7 heteroatoms. The predicted octanol–water partition coefficient (Wildman–Crippen LogP) is 2.12. The van der Waals surface area contributed by atoms with Gasteiger partial charge >= 0.3 is 11.9 Å². The molecule has 2 saturated heterocycles. The maximum atomic E-state index is 9.10. The van der Waals surface area contributed by atoms with Crippen LogP contribution in [-0.2, 0) is 9.59 Å². The van der Waals surface area contributed by atoms with Gasteiger partial charge in [-0.3, -0.25) is 0 Å². The Morgan fingerprint density at radius 2 is 1.86 bits per heavy atom. The van der Waals surface area contributed by atoms with Gasteiger partial charge in [0.05, 0.1) is 4.58 Å². The Labute approximate surface area is 140 Å². The van der Waals surface area contributed by atoms with Gasteiger partial charge in [0, 0.05) is 18.4 Å². The summed E-state index contributed by atoms with van der Waals surface area (Å²) < 4.78 is 0.783. The molecule has 22 heavy (non-hydrogen) atoms. The summed E-state index contributed by atoms with van der Waals surface area (Å²) >= 11 is 4.33. The highest BCUT2D eigenvalue weighted by Gasteiger charge is 2.32. The maximum Gasteiger partial charge on any atom is 0.414 e. The summed E-state index contributed by atoms with van der Waals surface area (Å²) in [6, 6.07) is 0.726. The third kappa shape index (κ3) is 6.95. The lowest BCUT2D eigenvalue weighted by molar-refractivity contribution is -0.159. The molecule has 0 saturated carbocycles. The van der Waals surface area contributed by atoms with E-state index in [9.17, 15) is 0 Å². The van der Waals surface area contributed by atoms with E-state index in [1.165, 1.54) is 37.3 Å². The van der Waals surface area contributed by atoms with E-state index < -0.39 is 11.9 Å². The number of aliphatic carboxylic acids is 2. The molecule has 0 aliphatic carbocycles. The Morgan fingerprint density at radius 1 is 1.23 bits per heavy atom. The minimum atomic E-state index is -1.82. The molecule has 124 valence electrons. The van der Waals surface area contributed by atoms with Gasteiger partial charge in [-0.1, -0.05) is 0 Å². The number of carboxylic acids is 2. The molecule has 2 rings (SSSR count). The highest BCUT2D eigenvalue weighted by molar-refractivity contribution is 8.17. The molecular weight excluding hydrogens is 322 g/mol. The lowest BCUT2D eigenvalue weighted by atomic mass is 9.97. The van der Waals surface area contributed by atoms with Crippen molar-refractivity contribution < 1.29 is 19.8 Å². The summed E-state index contributed by atoms with van der Waals surface area (Å²) in [5.74, 6) is 6.17.